The summed E-state index contributed by atoms with van der Waals surface area (Å²) in [6.45, 7) is 1.76. The van der Waals surface area contributed by atoms with E-state index in [0.717, 1.165) is 5.75 Å². The fraction of sp³-hybridized carbons (Fsp3) is 0.167. The monoisotopic (exact) mass is 233 g/mol. The highest BCUT2D eigenvalue weighted by Crippen LogP contribution is 2.19. The first-order valence-electron chi connectivity index (χ1n) is 4.89. The number of oxime groups is 1. The van der Waals surface area contributed by atoms with Crippen LogP contribution in [0.2, 0.25) is 0 Å². The van der Waals surface area contributed by atoms with Gasteiger partial charge >= 0.3 is 5.97 Å². The molecule has 0 bridgehead atoms. The lowest BCUT2D eigenvalue weighted by Gasteiger charge is -1.97. The molecule has 0 amide bonds. The van der Waals surface area contributed by atoms with E-state index in [9.17, 15) is 4.79 Å². The van der Waals surface area contributed by atoms with Gasteiger partial charge in [0.1, 0.15) is 0 Å². The molecule has 82 valence electrons. The summed E-state index contributed by atoms with van der Waals surface area (Å²) in [5, 5.41) is 5.42. The molecule has 16 heavy (non-hydrogen) atoms. The zero-order chi connectivity index (χ0) is 11.4. The fourth-order valence-electron chi connectivity index (χ4n) is 1.28. The highest BCUT2D eigenvalue weighted by atomic mass is 32.2. The van der Waals surface area contributed by atoms with Gasteiger partial charge in [0.05, 0.1) is 11.3 Å². The highest BCUT2D eigenvalue weighted by molar-refractivity contribution is 8.01. The molecule has 0 fully saturated rings. The van der Waals surface area contributed by atoms with Crippen LogP contribution >= 0.6 is 11.8 Å². The second-order valence-electron chi connectivity index (χ2n) is 3.38. The lowest BCUT2D eigenvalue weighted by Crippen LogP contribution is -2.01. The minimum atomic E-state index is -0.363. The van der Waals surface area contributed by atoms with E-state index in [1.165, 1.54) is 5.56 Å². The largest absolute Gasteiger partial charge is 0.368 e. The van der Waals surface area contributed by atoms with Crippen molar-refractivity contribution in [2.24, 2.45) is 5.16 Å². The van der Waals surface area contributed by atoms with Gasteiger partial charge in [-0.05, 0) is 17.9 Å². The smallest absolute Gasteiger partial charge is 0.312 e. The second-order valence-corrected chi connectivity index (χ2v) is 4.24. The number of benzene rings is 1. The summed E-state index contributed by atoms with van der Waals surface area (Å²) in [6, 6.07) is 10.1. The van der Waals surface area contributed by atoms with Crippen molar-refractivity contribution in [1.29, 1.82) is 0 Å². The Bertz CT molecular complexity index is 451. The normalized spacial score (nSPS) is 17.4. The lowest BCUT2D eigenvalue weighted by atomic mass is 10.2. The maximum atomic E-state index is 11.2. The quantitative estimate of drug-likeness (QED) is 0.595. The molecule has 0 N–H and O–H groups in total. The van der Waals surface area contributed by atoms with Gasteiger partial charge in [-0.3, -0.25) is 0 Å². The summed E-state index contributed by atoms with van der Waals surface area (Å²) >= 11 is 1.57. The Balaban J connectivity index is 1.95. The number of thioether (sulfide) groups is 1. The Kier molecular flexibility index (Phi) is 3.41. The second kappa shape index (κ2) is 4.99. The van der Waals surface area contributed by atoms with E-state index >= 15 is 0 Å². The molecule has 1 aromatic carbocycles. The van der Waals surface area contributed by atoms with Crippen molar-refractivity contribution in [3.05, 3.63) is 46.9 Å². The standard InChI is InChI=1S/C12H11NO2S/c1-9-11(12(14)15-13-9)8-16-7-10-5-3-2-4-6-10/h2-6,8H,7H2,1H3/b11-8+. The fourth-order valence-corrected chi connectivity index (χ4v) is 2.19. The van der Waals surface area contributed by atoms with Crippen LogP contribution in [0.15, 0.2) is 46.5 Å². The third-order valence-corrected chi connectivity index (χ3v) is 3.07. The Labute approximate surface area is 98.2 Å². The summed E-state index contributed by atoms with van der Waals surface area (Å²) in [5.74, 6) is 0.475. The molecule has 1 aliphatic rings. The van der Waals surface area contributed by atoms with Crippen LogP contribution in [0.3, 0.4) is 0 Å². The van der Waals surface area contributed by atoms with Crippen LogP contribution in [0.1, 0.15) is 12.5 Å². The number of hydrogen-bond acceptors (Lipinski definition) is 4. The minimum absolute atomic E-state index is 0.363. The molecule has 0 aromatic heterocycles. The van der Waals surface area contributed by atoms with Gasteiger partial charge in [0.25, 0.3) is 0 Å². The number of rotatable bonds is 3. The molecule has 0 aliphatic carbocycles. The van der Waals surface area contributed by atoms with Crippen LogP contribution in [0.25, 0.3) is 0 Å². The first-order valence-corrected chi connectivity index (χ1v) is 5.94. The lowest BCUT2D eigenvalue weighted by molar-refractivity contribution is -0.136. The van der Waals surface area contributed by atoms with Crippen molar-refractivity contribution >= 4 is 23.4 Å². The van der Waals surface area contributed by atoms with Crippen molar-refractivity contribution in [3.8, 4) is 0 Å². The van der Waals surface area contributed by atoms with Gasteiger partial charge in [-0.25, -0.2) is 4.79 Å². The van der Waals surface area contributed by atoms with Gasteiger partial charge < -0.3 is 4.84 Å². The van der Waals surface area contributed by atoms with E-state index in [2.05, 4.69) is 22.1 Å². The number of nitrogens with zero attached hydrogens (tertiary/aromatic N) is 1. The predicted molar refractivity (Wildman–Crippen MR) is 65.0 cm³/mol. The molecule has 0 radical (unpaired) electrons. The van der Waals surface area contributed by atoms with Crippen molar-refractivity contribution in [1.82, 2.24) is 0 Å². The molecular formula is C12H11NO2S. The Morgan fingerprint density at radius 2 is 2.12 bits per heavy atom. The van der Waals surface area contributed by atoms with Crippen LogP contribution in [-0.4, -0.2) is 11.7 Å². The van der Waals surface area contributed by atoms with Gasteiger partial charge in [0.2, 0.25) is 0 Å². The van der Waals surface area contributed by atoms with E-state index in [0.29, 0.717) is 11.3 Å². The molecule has 0 unspecified atom stereocenters. The van der Waals surface area contributed by atoms with Crippen LogP contribution in [0, 0.1) is 0 Å². The van der Waals surface area contributed by atoms with Crippen molar-refractivity contribution in [2.75, 3.05) is 0 Å². The molecule has 0 saturated heterocycles. The average Bonchev–Trinajstić information content (AvgIpc) is 2.62. The van der Waals surface area contributed by atoms with E-state index in [-0.39, 0.29) is 5.97 Å². The SMILES string of the molecule is CC1=NOC(=O)/C1=C/SCc1ccccc1. The van der Waals surface area contributed by atoms with E-state index in [4.69, 9.17) is 0 Å². The topological polar surface area (TPSA) is 38.7 Å². The van der Waals surface area contributed by atoms with Crippen molar-refractivity contribution < 1.29 is 9.63 Å². The molecule has 1 aromatic rings. The van der Waals surface area contributed by atoms with Gasteiger partial charge in [-0.1, -0.05) is 35.5 Å². The van der Waals surface area contributed by atoms with E-state index in [1.54, 1.807) is 24.1 Å². The van der Waals surface area contributed by atoms with Crippen LogP contribution in [-0.2, 0) is 15.4 Å². The van der Waals surface area contributed by atoms with Gasteiger partial charge in [0.15, 0.2) is 0 Å². The van der Waals surface area contributed by atoms with Crippen molar-refractivity contribution in [2.45, 2.75) is 12.7 Å². The molecular weight excluding hydrogens is 222 g/mol. The first-order chi connectivity index (χ1) is 7.77. The van der Waals surface area contributed by atoms with Gasteiger partial charge in [-0.15, -0.1) is 11.8 Å². The Morgan fingerprint density at radius 3 is 2.75 bits per heavy atom. The van der Waals surface area contributed by atoms with Crippen molar-refractivity contribution in [3.63, 3.8) is 0 Å². The molecule has 2 rings (SSSR count). The molecule has 0 spiro atoms. The Hall–Kier alpha value is -1.55. The summed E-state index contributed by atoms with van der Waals surface area (Å²) in [7, 11) is 0. The number of carbonyl (C=O) groups excluding carboxylic acids is 1. The van der Waals surface area contributed by atoms with Gasteiger partial charge in [0, 0.05) is 5.75 Å². The third-order valence-electron chi connectivity index (χ3n) is 2.17. The highest BCUT2D eigenvalue weighted by Gasteiger charge is 2.21. The Morgan fingerprint density at radius 1 is 1.38 bits per heavy atom. The molecule has 0 atom stereocenters. The predicted octanol–water partition coefficient (Wildman–Crippen LogP) is 2.74. The van der Waals surface area contributed by atoms with E-state index < -0.39 is 0 Å². The molecule has 1 aliphatic heterocycles. The first kappa shape index (κ1) is 11.0. The summed E-state index contributed by atoms with van der Waals surface area (Å²) in [6.07, 6.45) is 0. The van der Waals surface area contributed by atoms with Crippen LogP contribution in [0.4, 0.5) is 0 Å². The van der Waals surface area contributed by atoms with E-state index in [1.807, 2.05) is 18.2 Å². The maximum absolute atomic E-state index is 11.2. The minimum Gasteiger partial charge on any atom is -0.312 e. The number of hydrogen-bond donors (Lipinski definition) is 0. The summed E-state index contributed by atoms with van der Waals surface area (Å²) in [4.78, 5) is 15.8. The zero-order valence-corrected chi connectivity index (χ0v) is 9.66. The summed E-state index contributed by atoms with van der Waals surface area (Å²) in [5.41, 5.74) is 2.43. The number of carbonyl (C=O) groups is 1. The van der Waals surface area contributed by atoms with Crippen LogP contribution < -0.4 is 0 Å². The molecule has 3 nitrogen and oxygen atoms in total. The third kappa shape index (κ3) is 2.52. The average molecular weight is 233 g/mol. The van der Waals surface area contributed by atoms with Gasteiger partial charge in [-0.2, -0.15) is 0 Å². The van der Waals surface area contributed by atoms with Crippen LogP contribution in [0.5, 0.6) is 0 Å². The zero-order valence-electron chi connectivity index (χ0n) is 8.84. The molecule has 1 heterocycles. The molecule has 0 saturated carbocycles. The molecule has 4 heteroatoms. The summed E-state index contributed by atoms with van der Waals surface area (Å²) < 4.78 is 0. The maximum Gasteiger partial charge on any atom is 0.368 e.